The van der Waals surface area contributed by atoms with Crippen molar-refractivity contribution in [3.05, 3.63) is 33.8 Å². The summed E-state index contributed by atoms with van der Waals surface area (Å²) in [5, 5.41) is 3.76. The Hall–Kier alpha value is -0.340. The van der Waals surface area contributed by atoms with E-state index in [4.69, 9.17) is 0 Å². The molecule has 1 saturated carbocycles. The predicted octanol–water partition coefficient (Wildman–Crippen LogP) is 5.77. The summed E-state index contributed by atoms with van der Waals surface area (Å²) in [5.41, 5.74) is 2.80. The first-order valence-electron chi connectivity index (χ1n) is 8.20. The van der Waals surface area contributed by atoms with Gasteiger partial charge in [0.1, 0.15) is 0 Å². The van der Waals surface area contributed by atoms with Crippen LogP contribution in [0.25, 0.3) is 0 Å². The van der Waals surface area contributed by atoms with Crippen LogP contribution in [0.15, 0.2) is 22.7 Å². The van der Waals surface area contributed by atoms with Gasteiger partial charge in [-0.3, -0.25) is 0 Å². The maximum atomic E-state index is 3.76. The number of hydrogen-bond acceptors (Lipinski definition) is 1. The molecule has 1 unspecified atom stereocenters. The van der Waals surface area contributed by atoms with Gasteiger partial charge in [0.25, 0.3) is 0 Å². The Kier molecular flexibility index (Phi) is 6.57. The van der Waals surface area contributed by atoms with Gasteiger partial charge in [0.05, 0.1) is 0 Å². The van der Waals surface area contributed by atoms with E-state index in [1.807, 2.05) is 0 Å². The van der Waals surface area contributed by atoms with Gasteiger partial charge in [0, 0.05) is 10.5 Å². The van der Waals surface area contributed by atoms with Crippen molar-refractivity contribution in [1.29, 1.82) is 0 Å². The fourth-order valence-corrected chi connectivity index (χ4v) is 3.54. The second-order valence-corrected chi connectivity index (χ2v) is 7.11. The van der Waals surface area contributed by atoms with E-state index < -0.39 is 0 Å². The highest BCUT2D eigenvalue weighted by molar-refractivity contribution is 9.10. The van der Waals surface area contributed by atoms with Gasteiger partial charge in [-0.2, -0.15) is 0 Å². The van der Waals surface area contributed by atoms with Gasteiger partial charge in [-0.25, -0.2) is 0 Å². The molecule has 1 aliphatic carbocycles. The van der Waals surface area contributed by atoms with Gasteiger partial charge in [-0.1, -0.05) is 67.1 Å². The highest BCUT2D eigenvalue weighted by atomic mass is 79.9. The van der Waals surface area contributed by atoms with Crippen molar-refractivity contribution >= 4 is 15.9 Å². The van der Waals surface area contributed by atoms with E-state index >= 15 is 0 Å². The Morgan fingerprint density at radius 2 is 2.00 bits per heavy atom. The number of halogens is 1. The van der Waals surface area contributed by atoms with Crippen LogP contribution in [0.2, 0.25) is 0 Å². The molecule has 1 aromatic carbocycles. The van der Waals surface area contributed by atoms with Crippen molar-refractivity contribution in [2.45, 2.75) is 64.8 Å². The lowest BCUT2D eigenvalue weighted by Crippen LogP contribution is -2.25. The van der Waals surface area contributed by atoms with Gasteiger partial charge < -0.3 is 5.32 Å². The van der Waals surface area contributed by atoms with Crippen molar-refractivity contribution in [3.8, 4) is 0 Å². The zero-order valence-corrected chi connectivity index (χ0v) is 14.5. The average molecular weight is 338 g/mol. The lowest BCUT2D eigenvalue weighted by molar-refractivity contribution is 0.300. The molecule has 0 heterocycles. The number of rotatable bonds is 6. The van der Waals surface area contributed by atoms with Gasteiger partial charge in [0.15, 0.2) is 0 Å². The SMILES string of the molecule is CCCNC(CC1CCCCC1)c1ccc(Br)c(C)c1. The van der Waals surface area contributed by atoms with E-state index in [0.29, 0.717) is 6.04 Å². The van der Waals surface area contributed by atoms with Crippen molar-refractivity contribution in [2.24, 2.45) is 5.92 Å². The van der Waals surface area contributed by atoms with E-state index in [9.17, 15) is 0 Å². The molecule has 1 atom stereocenters. The van der Waals surface area contributed by atoms with Crippen LogP contribution in [0, 0.1) is 12.8 Å². The first-order chi connectivity index (χ1) is 9.70. The van der Waals surface area contributed by atoms with Crippen LogP contribution in [0.1, 0.15) is 69.0 Å². The Bertz CT molecular complexity index is 410. The summed E-state index contributed by atoms with van der Waals surface area (Å²) in [5.74, 6) is 0.919. The molecular weight excluding hydrogens is 310 g/mol. The average Bonchev–Trinajstić information content (AvgIpc) is 2.47. The van der Waals surface area contributed by atoms with Crippen LogP contribution in [-0.2, 0) is 0 Å². The molecule has 0 saturated heterocycles. The lowest BCUT2D eigenvalue weighted by Gasteiger charge is -2.28. The maximum Gasteiger partial charge on any atom is 0.0322 e. The Labute approximate surface area is 132 Å². The smallest absolute Gasteiger partial charge is 0.0322 e. The fourth-order valence-electron chi connectivity index (χ4n) is 3.30. The van der Waals surface area contributed by atoms with E-state index in [0.717, 1.165) is 12.5 Å². The largest absolute Gasteiger partial charge is 0.310 e. The van der Waals surface area contributed by atoms with E-state index in [1.165, 1.54) is 60.5 Å². The quantitative estimate of drug-likeness (QED) is 0.694. The van der Waals surface area contributed by atoms with Crippen molar-refractivity contribution in [1.82, 2.24) is 5.32 Å². The highest BCUT2D eigenvalue weighted by Crippen LogP contribution is 2.32. The molecule has 1 aliphatic rings. The van der Waals surface area contributed by atoms with Crippen LogP contribution in [-0.4, -0.2) is 6.54 Å². The summed E-state index contributed by atoms with van der Waals surface area (Å²) in [7, 11) is 0. The van der Waals surface area contributed by atoms with E-state index in [1.54, 1.807) is 0 Å². The predicted molar refractivity (Wildman–Crippen MR) is 91.1 cm³/mol. The van der Waals surface area contributed by atoms with Crippen molar-refractivity contribution < 1.29 is 0 Å². The molecule has 1 aromatic rings. The standard InChI is InChI=1S/C18H28BrN/c1-3-11-20-18(13-15-7-5-4-6-8-15)16-9-10-17(19)14(2)12-16/h9-10,12,15,18,20H,3-8,11,13H2,1-2H3. The van der Waals surface area contributed by atoms with Crippen LogP contribution in [0.5, 0.6) is 0 Å². The van der Waals surface area contributed by atoms with Gasteiger partial charge in [-0.05, 0) is 49.4 Å². The van der Waals surface area contributed by atoms with Crippen LogP contribution < -0.4 is 5.32 Å². The van der Waals surface area contributed by atoms with Crippen LogP contribution in [0.3, 0.4) is 0 Å². The van der Waals surface area contributed by atoms with Gasteiger partial charge in [-0.15, -0.1) is 0 Å². The molecule has 0 radical (unpaired) electrons. The molecule has 0 aliphatic heterocycles. The van der Waals surface area contributed by atoms with Gasteiger partial charge >= 0.3 is 0 Å². The molecule has 0 bridgehead atoms. The molecule has 0 spiro atoms. The molecule has 20 heavy (non-hydrogen) atoms. The molecule has 1 N–H and O–H groups in total. The third kappa shape index (κ3) is 4.60. The molecule has 1 fully saturated rings. The van der Waals surface area contributed by atoms with Crippen LogP contribution in [0.4, 0.5) is 0 Å². The molecule has 112 valence electrons. The Balaban J connectivity index is 2.06. The maximum absolute atomic E-state index is 3.76. The molecule has 2 rings (SSSR count). The number of hydrogen-bond donors (Lipinski definition) is 1. The summed E-state index contributed by atoms with van der Waals surface area (Å²) < 4.78 is 1.22. The Morgan fingerprint density at radius 3 is 2.65 bits per heavy atom. The minimum Gasteiger partial charge on any atom is -0.310 e. The molecule has 0 aromatic heterocycles. The number of nitrogens with one attached hydrogen (secondary N) is 1. The third-order valence-electron chi connectivity index (χ3n) is 4.52. The summed E-state index contributed by atoms with van der Waals surface area (Å²) in [4.78, 5) is 0. The molecule has 2 heteroatoms. The third-order valence-corrected chi connectivity index (χ3v) is 5.41. The second-order valence-electron chi connectivity index (χ2n) is 6.26. The minimum atomic E-state index is 0.532. The first kappa shape index (κ1) is 16.0. The molecule has 1 nitrogen and oxygen atoms in total. The monoisotopic (exact) mass is 337 g/mol. The highest BCUT2D eigenvalue weighted by Gasteiger charge is 2.20. The van der Waals surface area contributed by atoms with Gasteiger partial charge in [0.2, 0.25) is 0 Å². The fraction of sp³-hybridized carbons (Fsp3) is 0.667. The number of aryl methyl sites for hydroxylation is 1. The molecular formula is C18H28BrN. The summed E-state index contributed by atoms with van der Waals surface area (Å²) >= 11 is 3.61. The zero-order valence-electron chi connectivity index (χ0n) is 12.9. The van der Waals surface area contributed by atoms with Crippen molar-refractivity contribution in [3.63, 3.8) is 0 Å². The normalized spacial score (nSPS) is 18.1. The minimum absolute atomic E-state index is 0.532. The summed E-state index contributed by atoms with van der Waals surface area (Å²) in [6.07, 6.45) is 9.69. The lowest BCUT2D eigenvalue weighted by atomic mass is 9.83. The number of benzene rings is 1. The first-order valence-corrected chi connectivity index (χ1v) is 8.99. The second kappa shape index (κ2) is 8.19. The van der Waals surface area contributed by atoms with E-state index in [2.05, 4.69) is 53.3 Å². The van der Waals surface area contributed by atoms with E-state index in [-0.39, 0.29) is 0 Å². The Morgan fingerprint density at radius 1 is 1.25 bits per heavy atom. The summed E-state index contributed by atoms with van der Waals surface area (Å²) in [6.45, 7) is 5.55. The molecule has 0 amide bonds. The summed E-state index contributed by atoms with van der Waals surface area (Å²) in [6, 6.07) is 7.37. The zero-order chi connectivity index (χ0) is 14.4. The van der Waals surface area contributed by atoms with Crippen LogP contribution >= 0.6 is 15.9 Å². The van der Waals surface area contributed by atoms with Crippen molar-refractivity contribution in [2.75, 3.05) is 6.54 Å². The topological polar surface area (TPSA) is 12.0 Å².